The molecule has 3 aromatic carbocycles. The molecule has 0 spiro atoms. The Bertz CT molecular complexity index is 1480. The first-order valence-electron chi connectivity index (χ1n) is 11.6. The van der Waals surface area contributed by atoms with Crippen molar-refractivity contribution in [2.24, 2.45) is 0 Å². The molecule has 4 aromatic rings. The van der Waals surface area contributed by atoms with E-state index in [4.69, 9.17) is 12.2 Å². The van der Waals surface area contributed by atoms with Crippen molar-refractivity contribution >= 4 is 51.8 Å². The fraction of sp³-hybridized carbons (Fsp3) is 0.138. The lowest BCUT2D eigenvalue weighted by Gasteiger charge is -2.29. The monoisotopic (exact) mass is 479 g/mol. The molecule has 2 heterocycles. The molecular weight excluding hydrogens is 454 g/mol. The molecule has 35 heavy (non-hydrogen) atoms. The van der Waals surface area contributed by atoms with Gasteiger partial charge in [0.25, 0.3) is 11.8 Å². The first-order chi connectivity index (χ1) is 16.9. The average Bonchev–Trinajstić information content (AvgIpc) is 3.20. The molecule has 174 valence electrons. The van der Waals surface area contributed by atoms with Gasteiger partial charge in [0, 0.05) is 29.2 Å². The van der Waals surface area contributed by atoms with E-state index < -0.39 is 11.8 Å². The molecule has 2 amide bonds. The van der Waals surface area contributed by atoms with E-state index in [-0.39, 0.29) is 10.7 Å². The van der Waals surface area contributed by atoms with Gasteiger partial charge in [-0.2, -0.15) is 0 Å². The number of hydrogen-bond acceptors (Lipinski definition) is 3. The first-order valence-corrected chi connectivity index (χ1v) is 12.0. The van der Waals surface area contributed by atoms with Gasteiger partial charge in [-0.1, -0.05) is 67.1 Å². The summed E-state index contributed by atoms with van der Waals surface area (Å²) in [6, 6.07) is 24.1. The van der Waals surface area contributed by atoms with Crippen LogP contribution in [0, 0.1) is 6.92 Å². The summed E-state index contributed by atoms with van der Waals surface area (Å²) in [6.45, 7) is 4.82. The zero-order valence-electron chi connectivity index (χ0n) is 19.6. The number of benzene rings is 3. The number of fused-ring (bicyclic) bond motifs is 1. The van der Waals surface area contributed by atoms with Crippen molar-refractivity contribution in [1.82, 2.24) is 9.88 Å². The van der Waals surface area contributed by atoms with E-state index in [2.05, 4.69) is 48.0 Å². The molecule has 0 unspecified atom stereocenters. The van der Waals surface area contributed by atoms with Gasteiger partial charge in [-0.15, -0.1) is 0 Å². The maximum absolute atomic E-state index is 13.5. The summed E-state index contributed by atoms with van der Waals surface area (Å²) in [4.78, 5) is 27.7. The maximum atomic E-state index is 13.5. The molecule has 1 N–H and O–H groups in total. The molecule has 0 aliphatic carbocycles. The highest BCUT2D eigenvalue weighted by atomic mass is 32.1. The second-order valence-corrected chi connectivity index (χ2v) is 9.08. The van der Waals surface area contributed by atoms with Crippen molar-refractivity contribution in [3.63, 3.8) is 0 Å². The van der Waals surface area contributed by atoms with Gasteiger partial charge in [0.1, 0.15) is 5.57 Å². The molecule has 1 saturated heterocycles. The zero-order valence-corrected chi connectivity index (χ0v) is 20.4. The predicted molar refractivity (Wildman–Crippen MR) is 144 cm³/mol. The number of nitrogens with one attached hydrogen (secondary N) is 1. The Morgan fingerprint density at radius 2 is 1.60 bits per heavy atom. The van der Waals surface area contributed by atoms with Crippen LogP contribution in [0.3, 0.4) is 0 Å². The highest BCUT2D eigenvalue weighted by Gasteiger charge is 2.34. The maximum Gasteiger partial charge on any atom is 0.270 e. The number of aromatic nitrogens is 1. The van der Waals surface area contributed by atoms with Crippen molar-refractivity contribution in [1.29, 1.82) is 0 Å². The Labute approximate surface area is 209 Å². The quantitative estimate of drug-likeness (QED) is 0.237. The number of thiocarbonyl (C=S) groups is 1. The van der Waals surface area contributed by atoms with E-state index >= 15 is 0 Å². The van der Waals surface area contributed by atoms with Gasteiger partial charge in [0.05, 0.1) is 5.69 Å². The van der Waals surface area contributed by atoms with E-state index in [1.807, 2.05) is 54.7 Å². The molecule has 0 saturated carbocycles. The van der Waals surface area contributed by atoms with Gasteiger partial charge < -0.3 is 4.57 Å². The number of para-hydroxylation sites is 1. The van der Waals surface area contributed by atoms with E-state index in [1.54, 1.807) is 6.08 Å². The lowest BCUT2D eigenvalue weighted by molar-refractivity contribution is -0.122. The Hall–Kier alpha value is -4.03. The Balaban J connectivity index is 1.54. The summed E-state index contributed by atoms with van der Waals surface area (Å²) in [7, 11) is 0. The van der Waals surface area contributed by atoms with Crippen LogP contribution in [0.25, 0.3) is 17.0 Å². The van der Waals surface area contributed by atoms with Gasteiger partial charge >= 0.3 is 0 Å². The largest absolute Gasteiger partial charge is 0.342 e. The van der Waals surface area contributed by atoms with Crippen LogP contribution >= 0.6 is 12.2 Å². The van der Waals surface area contributed by atoms with Gasteiger partial charge in [-0.3, -0.25) is 19.8 Å². The molecule has 1 fully saturated rings. The summed E-state index contributed by atoms with van der Waals surface area (Å²) < 4.78 is 2.14. The van der Waals surface area contributed by atoms with E-state index in [0.29, 0.717) is 12.2 Å². The highest BCUT2D eigenvalue weighted by molar-refractivity contribution is 7.80. The van der Waals surface area contributed by atoms with Crippen LogP contribution in [0.5, 0.6) is 0 Å². The van der Waals surface area contributed by atoms with Crippen LogP contribution in [0.2, 0.25) is 0 Å². The minimum Gasteiger partial charge on any atom is -0.342 e. The van der Waals surface area contributed by atoms with E-state index in [9.17, 15) is 9.59 Å². The van der Waals surface area contributed by atoms with Crippen molar-refractivity contribution in [3.8, 4) is 0 Å². The molecule has 5 nitrogen and oxygen atoms in total. The number of hydrogen-bond donors (Lipinski definition) is 1. The van der Waals surface area contributed by atoms with Crippen molar-refractivity contribution < 1.29 is 9.59 Å². The standard InChI is InChI=1S/C29H25N3O2S/c1-3-20-12-14-23(15-13-20)32-28(34)25(27(33)30-29(32)35)16-22-18-31(26-7-5-4-6-24(22)26)17-21-10-8-19(2)9-11-21/h4-16,18H,3,17H2,1-2H3,(H,30,33,35). The summed E-state index contributed by atoms with van der Waals surface area (Å²) in [5.41, 5.74) is 6.07. The van der Waals surface area contributed by atoms with Crippen LogP contribution < -0.4 is 10.2 Å². The van der Waals surface area contributed by atoms with Crippen LogP contribution in [-0.2, 0) is 22.6 Å². The molecule has 0 radical (unpaired) electrons. The third-order valence-corrected chi connectivity index (χ3v) is 6.58. The second-order valence-electron chi connectivity index (χ2n) is 8.69. The van der Waals surface area contributed by atoms with Crippen molar-refractivity contribution in [2.45, 2.75) is 26.8 Å². The number of nitrogens with zero attached hydrogens (tertiary/aromatic N) is 2. The fourth-order valence-electron chi connectivity index (χ4n) is 4.34. The molecule has 0 atom stereocenters. The molecule has 1 aromatic heterocycles. The van der Waals surface area contributed by atoms with Gasteiger partial charge in [-0.25, -0.2) is 0 Å². The molecule has 0 bridgehead atoms. The number of carbonyl (C=O) groups is 2. The second kappa shape index (κ2) is 9.31. The van der Waals surface area contributed by atoms with Crippen molar-refractivity contribution in [2.75, 3.05) is 4.90 Å². The SMILES string of the molecule is CCc1ccc(N2C(=O)C(=Cc3cn(Cc4ccc(C)cc4)c4ccccc34)C(=O)NC2=S)cc1. The third kappa shape index (κ3) is 4.40. The first kappa shape index (κ1) is 22.7. The normalized spacial score (nSPS) is 15.2. The van der Waals surface area contributed by atoms with Crippen LogP contribution in [0.15, 0.2) is 84.6 Å². The van der Waals surface area contributed by atoms with Gasteiger partial charge in [0.15, 0.2) is 5.11 Å². The van der Waals surface area contributed by atoms with Crippen LogP contribution in [0.4, 0.5) is 5.69 Å². The Morgan fingerprint density at radius 1 is 0.914 bits per heavy atom. The molecule has 1 aliphatic heterocycles. The number of rotatable bonds is 5. The average molecular weight is 480 g/mol. The smallest absolute Gasteiger partial charge is 0.270 e. The Morgan fingerprint density at radius 3 is 2.31 bits per heavy atom. The van der Waals surface area contributed by atoms with E-state index in [1.165, 1.54) is 16.0 Å². The number of carbonyl (C=O) groups excluding carboxylic acids is 2. The summed E-state index contributed by atoms with van der Waals surface area (Å²) in [5, 5.41) is 3.74. The van der Waals surface area contributed by atoms with Gasteiger partial charge in [-0.05, 0) is 61.0 Å². The highest BCUT2D eigenvalue weighted by Crippen LogP contribution is 2.27. The number of aryl methyl sites for hydroxylation is 2. The zero-order chi connectivity index (χ0) is 24.5. The summed E-state index contributed by atoms with van der Waals surface area (Å²) in [5.74, 6) is -0.921. The third-order valence-electron chi connectivity index (χ3n) is 6.30. The minimum atomic E-state index is -0.489. The van der Waals surface area contributed by atoms with Crippen molar-refractivity contribution in [3.05, 3.63) is 107 Å². The summed E-state index contributed by atoms with van der Waals surface area (Å²) in [6.07, 6.45) is 4.55. The molecule has 5 rings (SSSR count). The van der Waals surface area contributed by atoms with Crippen LogP contribution in [-0.4, -0.2) is 21.5 Å². The predicted octanol–water partition coefficient (Wildman–Crippen LogP) is 5.39. The summed E-state index contributed by atoms with van der Waals surface area (Å²) >= 11 is 5.35. The van der Waals surface area contributed by atoms with Crippen LogP contribution in [0.1, 0.15) is 29.2 Å². The number of amides is 2. The minimum absolute atomic E-state index is 0.0522. The fourth-order valence-corrected chi connectivity index (χ4v) is 4.62. The Kier molecular flexibility index (Phi) is 6.05. The molecule has 6 heteroatoms. The lowest BCUT2D eigenvalue weighted by Crippen LogP contribution is -2.54. The topological polar surface area (TPSA) is 54.3 Å². The molecular formula is C29H25N3O2S. The lowest BCUT2D eigenvalue weighted by atomic mass is 10.1. The van der Waals surface area contributed by atoms with Gasteiger partial charge in [0.2, 0.25) is 0 Å². The van der Waals surface area contributed by atoms with E-state index in [0.717, 1.165) is 28.5 Å². The molecule has 1 aliphatic rings. The number of anilines is 1.